The van der Waals surface area contributed by atoms with Gasteiger partial charge in [-0.25, -0.2) is 94.0 Å². The second-order valence-electron chi connectivity index (χ2n) is 9.05. The van der Waals surface area contributed by atoms with Gasteiger partial charge in [-0.15, -0.1) is 0 Å². The van der Waals surface area contributed by atoms with Crippen molar-refractivity contribution in [3.63, 3.8) is 0 Å². The van der Waals surface area contributed by atoms with Gasteiger partial charge in [-0.2, -0.15) is 0 Å². The second-order valence-corrected chi connectivity index (χ2v) is 9.05. The lowest BCUT2D eigenvalue weighted by Gasteiger charge is -2.15. The first-order chi connectivity index (χ1) is 22.3. The SMILES string of the molecule is Fc1cc(F)c(F)c(-c2c(F)c(F)c(-c3nc(-c4c(F)c(F)c(F)c(F)c4F)nc(-c4c(F)c(F)c(F)c(F)c4F)n3)c(F)c2F)c1F. The van der Waals surface area contributed by atoms with Crippen LogP contribution in [-0.2, 0) is 0 Å². The highest BCUT2D eigenvalue weighted by atomic mass is 19.2. The van der Waals surface area contributed by atoms with Crippen LogP contribution in [0.3, 0.4) is 0 Å². The topological polar surface area (TPSA) is 38.7 Å². The number of benzene rings is 4. The molecule has 3 nitrogen and oxygen atoms in total. The molecule has 0 bridgehead atoms. The third kappa shape index (κ3) is 4.86. The molecule has 0 amide bonds. The highest BCUT2D eigenvalue weighted by Gasteiger charge is 2.36. The fourth-order valence-corrected chi connectivity index (χ4v) is 4.15. The molecule has 250 valence electrons. The Morgan fingerprint density at radius 1 is 0.229 bits per heavy atom. The molecule has 0 N–H and O–H groups in total. The van der Waals surface area contributed by atoms with Crippen molar-refractivity contribution in [1.82, 2.24) is 15.0 Å². The van der Waals surface area contributed by atoms with Crippen molar-refractivity contribution in [3.8, 4) is 45.3 Å². The van der Waals surface area contributed by atoms with Gasteiger partial charge in [0.2, 0.25) is 11.6 Å². The molecule has 0 aliphatic carbocycles. The molecule has 0 unspecified atom stereocenters. The molecule has 0 fully saturated rings. The molecule has 0 spiro atoms. The van der Waals surface area contributed by atoms with Crippen molar-refractivity contribution >= 4 is 0 Å². The van der Waals surface area contributed by atoms with Crippen LogP contribution in [0.2, 0.25) is 0 Å². The van der Waals surface area contributed by atoms with Gasteiger partial charge in [-0.1, -0.05) is 0 Å². The molecule has 48 heavy (non-hydrogen) atoms. The first kappa shape index (κ1) is 34.0. The number of halogens is 18. The van der Waals surface area contributed by atoms with Gasteiger partial charge in [0.15, 0.2) is 111 Å². The summed E-state index contributed by atoms with van der Waals surface area (Å²) in [5.41, 5.74) is -11.9. The van der Waals surface area contributed by atoms with E-state index >= 15 is 17.6 Å². The molecule has 5 rings (SSSR count). The molecule has 1 heterocycles. The summed E-state index contributed by atoms with van der Waals surface area (Å²) in [6, 6.07) is -0.475. The van der Waals surface area contributed by atoms with Gasteiger partial charge in [-0.3, -0.25) is 0 Å². The number of aromatic nitrogens is 3. The van der Waals surface area contributed by atoms with E-state index in [-0.39, 0.29) is 0 Å². The lowest BCUT2D eigenvalue weighted by Crippen LogP contribution is -2.12. The Bertz CT molecular complexity index is 2040. The predicted molar refractivity (Wildman–Crippen MR) is 121 cm³/mol. The molecular formula is C27HF18N3. The molecule has 0 atom stereocenters. The van der Waals surface area contributed by atoms with Crippen LogP contribution in [0.15, 0.2) is 6.07 Å². The number of nitrogens with zero attached hydrogens (tertiary/aromatic N) is 3. The summed E-state index contributed by atoms with van der Waals surface area (Å²) in [5, 5.41) is 0. The minimum atomic E-state index is -2.94. The fourth-order valence-electron chi connectivity index (χ4n) is 4.15. The maximum absolute atomic E-state index is 15.3. The maximum atomic E-state index is 15.3. The molecule has 0 saturated heterocycles. The summed E-state index contributed by atoms with van der Waals surface area (Å²) in [6.45, 7) is 0. The van der Waals surface area contributed by atoms with Gasteiger partial charge in [0.25, 0.3) is 0 Å². The Hall–Kier alpha value is -5.37. The normalized spacial score (nSPS) is 11.5. The zero-order chi connectivity index (χ0) is 35.8. The predicted octanol–water partition coefficient (Wildman–Crippen LogP) is 9.04. The standard InChI is InChI=1S/C27HF18N3/c28-2-1-3(29)10(31)4(9(2)30)5-11(32)13(34)6(14(35)12(5)33)25-46-26(7-15(36)19(40)23(44)20(41)16(7)37)48-27(47-25)8-17(38)21(42)24(45)22(43)18(8)39/h1H. The van der Waals surface area contributed by atoms with Crippen LogP contribution in [0.5, 0.6) is 0 Å². The Labute approximate surface area is 250 Å². The minimum absolute atomic E-state index is 0.475. The van der Waals surface area contributed by atoms with E-state index in [0.29, 0.717) is 0 Å². The van der Waals surface area contributed by atoms with Gasteiger partial charge in [-0.05, 0) is 0 Å². The smallest absolute Gasteiger partial charge is 0.200 e. The summed E-state index contributed by atoms with van der Waals surface area (Å²) in [6.07, 6.45) is 0. The zero-order valence-electron chi connectivity index (χ0n) is 21.7. The summed E-state index contributed by atoms with van der Waals surface area (Å²) in [5.74, 6) is -56.4. The van der Waals surface area contributed by atoms with Crippen molar-refractivity contribution in [2.45, 2.75) is 0 Å². The van der Waals surface area contributed by atoms with Crippen LogP contribution in [0, 0.1) is 105 Å². The van der Waals surface area contributed by atoms with E-state index in [9.17, 15) is 61.5 Å². The lowest BCUT2D eigenvalue weighted by atomic mass is 9.99. The van der Waals surface area contributed by atoms with Gasteiger partial charge < -0.3 is 0 Å². The van der Waals surface area contributed by atoms with Gasteiger partial charge in [0, 0.05) is 6.07 Å². The maximum Gasteiger partial charge on any atom is 0.200 e. The van der Waals surface area contributed by atoms with Crippen molar-refractivity contribution < 1.29 is 79.0 Å². The van der Waals surface area contributed by atoms with Gasteiger partial charge in [0.05, 0.1) is 27.8 Å². The van der Waals surface area contributed by atoms with Crippen molar-refractivity contribution in [1.29, 1.82) is 0 Å². The van der Waals surface area contributed by atoms with Crippen LogP contribution >= 0.6 is 0 Å². The first-order valence-corrected chi connectivity index (χ1v) is 11.8. The van der Waals surface area contributed by atoms with Crippen molar-refractivity contribution in [3.05, 3.63) is 111 Å². The molecule has 0 aliphatic heterocycles. The zero-order valence-corrected chi connectivity index (χ0v) is 21.7. The van der Waals surface area contributed by atoms with E-state index in [4.69, 9.17) is 0 Å². The molecule has 0 saturated carbocycles. The quantitative estimate of drug-likeness (QED) is 0.106. The summed E-state index contributed by atoms with van der Waals surface area (Å²) >= 11 is 0. The van der Waals surface area contributed by atoms with Crippen molar-refractivity contribution in [2.24, 2.45) is 0 Å². The Kier molecular flexibility index (Phi) is 8.28. The van der Waals surface area contributed by atoms with E-state index < -0.39 is 156 Å². The molecular weight excluding hydrogens is 708 g/mol. The lowest BCUT2D eigenvalue weighted by molar-refractivity contribution is 0.380. The Morgan fingerprint density at radius 2 is 0.417 bits per heavy atom. The molecule has 0 aliphatic rings. The van der Waals surface area contributed by atoms with E-state index in [1.54, 1.807) is 0 Å². The first-order valence-electron chi connectivity index (χ1n) is 11.8. The van der Waals surface area contributed by atoms with Gasteiger partial charge in [0.1, 0.15) is 0 Å². The van der Waals surface area contributed by atoms with Crippen LogP contribution in [0.25, 0.3) is 45.3 Å². The average molecular weight is 709 g/mol. The third-order valence-corrected chi connectivity index (χ3v) is 6.35. The largest absolute Gasteiger partial charge is 0.208 e. The van der Waals surface area contributed by atoms with Crippen LogP contribution < -0.4 is 0 Å². The van der Waals surface area contributed by atoms with Crippen LogP contribution in [0.4, 0.5) is 79.0 Å². The van der Waals surface area contributed by atoms with E-state index in [1.165, 1.54) is 0 Å². The molecule has 4 aromatic carbocycles. The fraction of sp³-hybridized carbons (Fsp3) is 0. The highest BCUT2D eigenvalue weighted by Crippen LogP contribution is 2.41. The summed E-state index contributed by atoms with van der Waals surface area (Å²) < 4.78 is 259. The minimum Gasteiger partial charge on any atom is -0.208 e. The second kappa shape index (κ2) is 11.7. The third-order valence-electron chi connectivity index (χ3n) is 6.35. The molecule has 0 radical (unpaired) electrons. The molecule has 1 aromatic heterocycles. The summed E-state index contributed by atoms with van der Waals surface area (Å²) in [4.78, 5) is 8.63. The van der Waals surface area contributed by atoms with E-state index in [2.05, 4.69) is 15.0 Å². The molecule has 21 heteroatoms. The number of rotatable bonds is 4. The van der Waals surface area contributed by atoms with Crippen molar-refractivity contribution in [2.75, 3.05) is 0 Å². The Morgan fingerprint density at radius 3 is 0.688 bits per heavy atom. The van der Waals surface area contributed by atoms with Crippen LogP contribution in [-0.4, -0.2) is 15.0 Å². The monoisotopic (exact) mass is 709 g/mol. The van der Waals surface area contributed by atoms with E-state index in [1.807, 2.05) is 0 Å². The Balaban J connectivity index is 1.94. The average Bonchev–Trinajstić information content (AvgIpc) is 3.04. The number of hydrogen-bond donors (Lipinski definition) is 0. The van der Waals surface area contributed by atoms with Crippen LogP contribution in [0.1, 0.15) is 0 Å². The number of hydrogen-bond acceptors (Lipinski definition) is 3. The highest BCUT2D eigenvalue weighted by molar-refractivity contribution is 5.74. The van der Waals surface area contributed by atoms with Gasteiger partial charge >= 0.3 is 0 Å². The van der Waals surface area contributed by atoms with E-state index in [0.717, 1.165) is 0 Å². The molecule has 5 aromatic rings. The summed E-state index contributed by atoms with van der Waals surface area (Å²) in [7, 11) is 0.